The van der Waals surface area contributed by atoms with E-state index in [0.29, 0.717) is 0 Å². The molecule has 6 heteroatoms. The lowest BCUT2D eigenvalue weighted by molar-refractivity contribution is 0.286. The minimum Gasteiger partial charge on any atom is -0.370 e. The van der Waals surface area contributed by atoms with Crippen molar-refractivity contribution >= 4 is 11.3 Å². The standard InChI is InChI=1S/C20H26N6/c1-15-12-19(5-6-21-15)25-8-4-7-24(9-10-25)14-18-13-22-26-17(3)11-16(2)23-20(18)26/h5-6,11-13H,4,7-10,14H2,1-3H3. The first kappa shape index (κ1) is 17.0. The van der Waals surface area contributed by atoms with E-state index in [0.717, 1.165) is 61.9 Å². The number of aromatic nitrogens is 4. The third-order valence-electron chi connectivity index (χ3n) is 5.08. The molecule has 1 saturated heterocycles. The molecule has 0 radical (unpaired) electrons. The van der Waals surface area contributed by atoms with Crippen molar-refractivity contribution in [2.45, 2.75) is 33.7 Å². The number of hydrogen-bond acceptors (Lipinski definition) is 5. The Labute approximate surface area is 154 Å². The molecule has 0 amide bonds. The fraction of sp³-hybridized carbons (Fsp3) is 0.450. The molecule has 1 aliphatic rings. The summed E-state index contributed by atoms with van der Waals surface area (Å²) in [6.45, 7) is 11.4. The van der Waals surface area contributed by atoms with Crippen LogP contribution in [0.25, 0.3) is 5.65 Å². The Kier molecular flexibility index (Phi) is 4.59. The van der Waals surface area contributed by atoms with Crippen molar-refractivity contribution in [3.05, 3.63) is 53.2 Å². The Morgan fingerprint density at radius 2 is 1.88 bits per heavy atom. The van der Waals surface area contributed by atoms with Crippen molar-refractivity contribution < 1.29 is 0 Å². The van der Waals surface area contributed by atoms with Gasteiger partial charge in [-0.2, -0.15) is 5.10 Å². The van der Waals surface area contributed by atoms with Crippen LogP contribution < -0.4 is 4.90 Å². The summed E-state index contributed by atoms with van der Waals surface area (Å²) >= 11 is 0. The van der Waals surface area contributed by atoms with Crippen molar-refractivity contribution in [1.82, 2.24) is 24.5 Å². The summed E-state index contributed by atoms with van der Waals surface area (Å²) in [6, 6.07) is 6.37. The van der Waals surface area contributed by atoms with Crippen molar-refractivity contribution in [3.63, 3.8) is 0 Å². The SMILES string of the molecule is Cc1cc(N2CCCN(Cc3cnn4c(C)cc(C)nc34)CC2)ccn1. The van der Waals surface area contributed by atoms with Crippen LogP contribution in [-0.2, 0) is 6.54 Å². The largest absolute Gasteiger partial charge is 0.370 e. The monoisotopic (exact) mass is 350 g/mol. The zero-order valence-electron chi connectivity index (χ0n) is 15.8. The molecule has 0 atom stereocenters. The number of pyridine rings is 1. The molecule has 0 N–H and O–H groups in total. The van der Waals surface area contributed by atoms with Gasteiger partial charge in [-0.05, 0) is 45.4 Å². The molecule has 6 nitrogen and oxygen atoms in total. The molecule has 0 bridgehead atoms. The molecule has 0 spiro atoms. The van der Waals surface area contributed by atoms with Crippen LogP contribution in [-0.4, -0.2) is 50.7 Å². The quantitative estimate of drug-likeness (QED) is 0.727. The van der Waals surface area contributed by atoms with Crippen molar-refractivity contribution in [2.75, 3.05) is 31.1 Å². The van der Waals surface area contributed by atoms with Gasteiger partial charge in [-0.25, -0.2) is 9.50 Å². The highest BCUT2D eigenvalue weighted by Gasteiger charge is 2.18. The molecule has 136 valence electrons. The van der Waals surface area contributed by atoms with E-state index in [4.69, 9.17) is 4.98 Å². The fourth-order valence-electron chi connectivity index (χ4n) is 3.78. The summed E-state index contributed by atoms with van der Waals surface area (Å²) in [7, 11) is 0. The molecular weight excluding hydrogens is 324 g/mol. The second-order valence-corrected chi connectivity index (χ2v) is 7.22. The van der Waals surface area contributed by atoms with Gasteiger partial charge in [0.1, 0.15) is 0 Å². The molecule has 0 saturated carbocycles. The maximum atomic E-state index is 4.71. The van der Waals surface area contributed by atoms with E-state index in [1.165, 1.54) is 11.3 Å². The van der Waals surface area contributed by atoms with Gasteiger partial charge in [0.25, 0.3) is 0 Å². The highest BCUT2D eigenvalue weighted by molar-refractivity contribution is 5.48. The average molecular weight is 350 g/mol. The summed E-state index contributed by atoms with van der Waals surface area (Å²) < 4.78 is 1.95. The lowest BCUT2D eigenvalue weighted by atomic mass is 10.2. The van der Waals surface area contributed by atoms with E-state index in [1.807, 2.05) is 23.8 Å². The average Bonchev–Trinajstić information content (AvgIpc) is 2.86. The van der Waals surface area contributed by atoms with Gasteiger partial charge in [0, 0.05) is 67.3 Å². The summed E-state index contributed by atoms with van der Waals surface area (Å²) in [5.41, 5.74) is 6.74. The van der Waals surface area contributed by atoms with Crippen molar-refractivity contribution in [1.29, 1.82) is 0 Å². The van der Waals surface area contributed by atoms with E-state index in [-0.39, 0.29) is 0 Å². The molecule has 3 aromatic heterocycles. The maximum absolute atomic E-state index is 4.71. The molecular formula is C20H26N6. The summed E-state index contributed by atoms with van der Waals surface area (Å²) in [6.07, 6.45) is 5.04. The first-order valence-electron chi connectivity index (χ1n) is 9.31. The molecule has 1 fully saturated rings. The van der Waals surface area contributed by atoms with Crippen LogP contribution in [0.2, 0.25) is 0 Å². The van der Waals surface area contributed by atoms with Crippen LogP contribution in [0.5, 0.6) is 0 Å². The molecule has 0 aromatic carbocycles. The minimum absolute atomic E-state index is 0.905. The second-order valence-electron chi connectivity index (χ2n) is 7.22. The predicted molar refractivity (Wildman–Crippen MR) is 104 cm³/mol. The Bertz CT molecular complexity index is 916. The molecule has 26 heavy (non-hydrogen) atoms. The van der Waals surface area contributed by atoms with Crippen molar-refractivity contribution in [2.24, 2.45) is 0 Å². The topological polar surface area (TPSA) is 49.6 Å². The molecule has 4 rings (SSSR count). The maximum Gasteiger partial charge on any atom is 0.159 e. The predicted octanol–water partition coefficient (Wildman–Crippen LogP) is 2.76. The first-order chi connectivity index (χ1) is 12.6. The Morgan fingerprint density at radius 3 is 2.73 bits per heavy atom. The molecule has 4 heterocycles. The zero-order chi connectivity index (χ0) is 18.1. The van der Waals surface area contributed by atoms with E-state index in [9.17, 15) is 0 Å². The third kappa shape index (κ3) is 3.42. The van der Waals surface area contributed by atoms with Crippen LogP contribution in [0.3, 0.4) is 0 Å². The van der Waals surface area contributed by atoms with E-state index in [1.54, 1.807) is 0 Å². The molecule has 1 aliphatic heterocycles. The fourth-order valence-corrected chi connectivity index (χ4v) is 3.78. The summed E-state index contributed by atoms with van der Waals surface area (Å²) in [4.78, 5) is 14.0. The van der Waals surface area contributed by atoms with Gasteiger partial charge in [0.05, 0.1) is 6.20 Å². The third-order valence-corrected chi connectivity index (χ3v) is 5.08. The summed E-state index contributed by atoms with van der Waals surface area (Å²) in [5.74, 6) is 0. The Balaban J connectivity index is 1.48. The number of aryl methyl sites for hydroxylation is 3. The van der Waals surface area contributed by atoms with Crippen LogP contribution in [0.4, 0.5) is 5.69 Å². The van der Waals surface area contributed by atoms with Gasteiger partial charge < -0.3 is 4.90 Å². The summed E-state index contributed by atoms with van der Waals surface area (Å²) in [5, 5.41) is 4.53. The molecule has 3 aromatic rings. The number of rotatable bonds is 3. The van der Waals surface area contributed by atoms with Gasteiger partial charge in [0.15, 0.2) is 5.65 Å². The van der Waals surface area contributed by atoms with Crippen LogP contribution in [0.15, 0.2) is 30.6 Å². The Hall–Kier alpha value is -2.47. The first-order valence-corrected chi connectivity index (χ1v) is 9.31. The van der Waals surface area contributed by atoms with E-state index >= 15 is 0 Å². The lowest BCUT2D eigenvalue weighted by Gasteiger charge is -2.23. The zero-order valence-corrected chi connectivity index (χ0v) is 15.8. The van der Waals surface area contributed by atoms with Gasteiger partial charge in [-0.15, -0.1) is 0 Å². The van der Waals surface area contributed by atoms with E-state index in [2.05, 4.69) is 51.9 Å². The van der Waals surface area contributed by atoms with Gasteiger partial charge in [-0.3, -0.25) is 9.88 Å². The van der Waals surface area contributed by atoms with Crippen LogP contribution >= 0.6 is 0 Å². The minimum atomic E-state index is 0.905. The number of anilines is 1. The highest BCUT2D eigenvalue weighted by atomic mass is 15.3. The van der Waals surface area contributed by atoms with Crippen molar-refractivity contribution in [3.8, 4) is 0 Å². The van der Waals surface area contributed by atoms with E-state index < -0.39 is 0 Å². The molecule has 0 unspecified atom stereocenters. The van der Waals surface area contributed by atoms with Gasteiger partial charge in [0.2, 0.25) is 0 Å². The number of fused-ring (bicyclic) bond motifs is 1. The van der Waals surface area contributed by atoms with Crippen LogP contribution in [0.1, 0.15) is 29.1 Å². The number of hydrogen-bond donors (Lipinski definition) is 0. The highest BCUT2D eigenvalue weighted by Crippen LogP contribution is 2.19. The second kappa shape index (κ2) is 7.03. The van der Waals surface area contributed by atoms with Gasteiger partial charge in [-0.1, -0.05) is 0 Å². The number of nitrogens with zero attached hydrogens (tertiary/aromatic N) is 6. The lowest BCUT2D eigenvalue weighted by Crippen LogP contribution is -2.30. The van der Waals surface area contributed by atoms with Gasteiger partial charge >= 0.3 is 0 Å². The smallest absolute Gasteiger partial charge is 0.159 e. The van der Waals surface area contributed by atoms with Crippen LogP contribution in [0, 0.1) is 20.8 Å². The Morgan fingerprint density at radius 1 is 1.00 bits per heavy atom. The normalized spacial score (nSPS) is 16.2. The molecule has 0 aliphatic carbocycles.